The Morgan fingerprint density at radius 1 is 0.852 bits per heavy atom. The lowest BCUT2D eigenvalue weighted by Gasteiger charge is -2.34. The van der Waals surface area contributed by atoms with Crippen LogP contribution < -0.4 is 9.47 Å². The quantitative estimate of drug-likeness (QED) is 0.726. The summed E-state index contributed by atoms with van der Waals surface area (Å²) in [6.07, 6.45) is 2.15. The van der Waals surface area contributed by atoms with E-state index in [9.17, 15) is 0 Å². The van der Waals surface area contributed by atoms with E-state index in [2.05, 4.69) is 51.3 Å². The molecule has 2 aromatic carbocycles. The monoisotopic (exact) mass is 365 g/mol. The zero-order chi connectivity index (χ0) is 18.6. The molecule has 0 aliphatic carbocycles. The standard InChI is InChI=1S/C22H27N3O2/c1-26-19-8-7-17(22(13-19)27-2)15-24-9-11-25(12-10-24)16-18-14-23-21-6-4-3-5-20(18)21/h3-8,13-14,23H,9-12,15-16H2,1-2H3. The summed E-state index contributed by atoms with van der Waals surface area (Å²) < 4.78 is 10.8. The highest BCUT2D eigenvalue weighted by Crippen LogP contribution is 2.26. The molecule has 1 N–H and O–H groups in total. The van der Waals surface area contributed by atoms with Crippen molar-refractivity contribution in [1.29, 1.82) is 0 Å². The minimum atomic E-state index is 0.833. The van der Waals surface area contributed by atoms with Crippen molar-refractivity contribution in [2.24, 2.45) is 0 Å². The second-order valence-corrected chi connectivity index (χ2v) is 7.09. The van der Waals surface area contributed by atoms with Crippen LogP contribution in [0.1, 0.15) is 11.1 Å². The molecule has 1 aliphatic rings. The lowest BCUT2D eigenvalue weighted by molar-refractivity contribution is 0.121. The van der Waals surface area contributed by atoms with Gasteiger partial charge in [-0.25, -0.2) is 0 Å². The third-order valence-electron chi connectivity index (χ3n) is 5.42. The average Bonchev–Trinajstić information content (AvgIpc) is 3.12. The first-order valence-corrected chi connectivity index (χ1v) is 9.47. The molecule has 0 amide bonds. The number of fused-ring (bicyclic) bond motifs is 1. The Morgan fingerprint density at radius 2 is 1.56 bits per heavy atom. The summed E-state index contributed by atoms with van der Waals surface area (Å²) in [6, 6.07) is 14.6. The molecule has 3 aromatic rings. The van der Waals surface area contributed by atoms with Gasteiger partial charge < -0.3 is 14.5 Å². The Hall–Kier alpha value is -2.50. The average molecular weight is 365 g/mol. The maximum atomic E-state index is 5.54. The Balaban J connectivity index is 1.35. The molecule has 0 unspecified atom stereocenters. The topological polar surface area (TPSA) is 40.7 Å². The van der Waals surface area contributed by atoms with Crippen LogP contribution in [0.4, 0.5) is 0 Å². The fourth-order valence-corrected chi connectivity index (χ4v) is 3.83. The molecule has 5 heteroatoms. The van der Waals surface area contributed by atoms with Crippen LogP contribution in [0.3, 0.4) is 0 Å². The number of nitrogens with zero attached hydrogens (tertiary/aromatic N) is 2. The Labute approximate surface area is 160 Å². The van der Waals surface area contributed by atoms with Crippen molar-refractivity contribution in [2.75, 3.05) is 40.4 Å². The number of aromatic amines is 1. The van der Waals surface area contributed by atoms with Crippen LogP contribution >= 0.6 is 0 Å². The predicted octanol–water partition coefficient (Wildman–Crippen LogP) is 3.50. The third-order valence-corrected chi connectivity index (χ3v) is 5.42. The van der Waals surface area contributed by atoms with Crippen LogP contribution in [0.5, 0.6) is 11.5 Å². The number of para-hydroxylation sites is 1. The molecule has 1 saturated heterocycles. The molecule has 0 radical (unpaired) electrons. The van der Waals surface area contributed by atoms with E-state index < -0.39 is 0 Å². The van der Waals surface area contributed by atoms with Gasteiger partial charge in [0, 0.05) is 68.0 Å². The van der Waals surface area contributed by atoms with Crippen LogP contribution in [0.25, 0.3) is 10.9 Å². The minimum Gasteiger partial charge on any atom is -0.497 e. The van der Waals surface area contributed by atoms with Crippen molar-refractivity contribution >= 4 is 10.9 Å². The number of methoxy groups -OCH3 is 2. The van der Waals surface area contributed by atoms with Gasteiger partial charge in [0.15, 0.2) is 0 Å². The number of aromatic nitrogens is 1. The zero-order valence-electron chi connectivity index (χ0n) is 16.1. The summed E-state index contributed by atoms with van der Waals surface area (Å²) in [4.78, 5) is 8.42. The number of H-pyrrole nitrogens is 1. The minimum absolute atomic E-state index is 0.833. The molecule has 0 spiro atoms. The number of hydrogen-bond donors (Lipinski definition) is 1. The molecule has 2 heterocycles. The van der Waals surface area contributed by atoms with Crippen molar-refractivity contribution in [3.63, 3.8) is 0 Å². The molecule has 1 aliphatic heterocycles. The maximum absolute atomic E-state index is 5.54. The second-order valence-electron chi connectivity index (χ2n) is 7.09. The van der Waals surface area contributed by atoms with Gasteiger partial charge in [-0.05, 0) is 17.7 Å². The van der Waals surface area contributed by atoms with Crippen LogP contribution in [0, 0.1) is 0 Å². The van der Waals surface area contributed by atoms with E-state index in [1.165, 1.54) is 22.0 Å². The van der Waals surface area contributed by atoms with Crippen LogP contribution in [0.15, 0.2) is 48.7 Å². The SMILES string of the molecule is COc1ccc(CN2CCN(Cc3c[nH]c4ccccc34)CC2)c(OC)c1. The summed E-state index contributed by atoms with van der Waals surface area (Å²) in [7, 11) is 3.40. The molecule has 27 heavy (non-hydrogen) atoms. The number of piperazine rings is 1. The molecule has 0 atom stereocenters. The molecule has 142 valence electrons. The molecular formula is C22H27N3O2. The highest BCUT2D eigenvalue weighted by atomic mass is 16.5. The number of hydrogen-bond acceptors (Lipinski definition) is 4. The van der Waals surface area contributed by atoms with Gasteiger partial charge in [-0.1, -0.05) is 24.3 Å². The Kier molecular flexibility index (Phi) is 5.32. The lowest BCUT2D eigenvalue weighted by Crippen LogP contribution is -2.45. The summed E-state index contributed by atoms with van der Waals surface area (Å²) in [5, 5.41) is 1.34. The third kappa shape index (κ3) is 3.94. The number of benzene rings is 2. The van der Waals surface area contributed by atoms with Crippen molar-refractivity contribution in [3.8, 4) is 11.5 Å². The van der Waals surface area contributed by atoms with E-state index in [0.29, 0.717) is 0 Å². The normalized spacial score (nSPS) is 15.9. The molecule has 1 aromatic heterocycles. The number of nitrogens with one attached hydrogen (secondary N) is 1. The van der Waals surface area contributed by atoms with E-state index in [1.807, 2.05) is 12.1 Å². The molecule has 5 nitrogen and oxygen atoms in total. The molecule has 0 saturated carbocycles. The fraction of sp³-hybridized carbons (Fsp3) is 0.364. The summed E-state index contributed by atoms with van der Waals surface area (Å²) >= 11 is 0. The van der Waals surface area contributed by atoms with Gasteiger partial charge in [0.05, 0.1) is 14.2 Å². The van der Waals surface area contributed by atoms with E-state index in [-0.39, 0.29) is 0 Å². The Bertz CT molecular complexity index is 897. The molecule has 1 fully saturated rings. The second kappa shape index (κ2) is 8.03. The van der Waals surface area contributed by atoms with Crippen molar-refractivity contribution in [3.05, 3.63) is 59.8 Å². The van der Waals surface area contributed by atoms with Gasteiger partial charge in [-0.2, -0.15) is 0 Å². The van der Waals surface area contributed by atoms with Crippen molar-refractivity contribution < 1.29 is 9.47 Å². The number of ether oxygens (including phenoxy) is 2. The molecule has 0 bridgehead atoms. The maximum Gasteiger partial charge on any atom is 0.127 e. The first-order chi connectivity index (χ1) is 13.3. The van der Waals surface area contributed by atoms with Gasteiger partial charge in [-0.3, -0.25) is 9.80 Å². The summed E-state index contributed by atoms with van der Waals surface area (Å²) in [6.45, 7) is 6.21. The Morgan fingerprint density at radius 3 is 2.26 bits per heavy atom. The number of rotatable bonds is 6. The first kappa shape index (κ1) is 17.9. The summed E-state index contributed by atoms with van der Waals surface area (Å²) in [5.74, 6) is 1.73. The van der Waals surface area contributed by atoms with Crippen LogP contribution in [0.2, 0.25) is 0 Å². The van der Waals surface area contributed by atoms with Gasteiger partial charge in [-0.15, -0.1) is 0 Å². The van der Waals surface area contributed by atoms with E-state index in [1.54, 1.807) is 14.2 Å². The molecule has 4 rings (SSSR count). The van der Waals surface area contributed by atoms with E-state index in [0.717, 1.165) is 50.8 Å². The van der Waals surface area contributed by atoms with Crippen molar-refractivity contribution in [1.82, 2.24) is 14.8 Å². The highest BCUT2D eigenvalue weighted by molar-refractivity contribution is 5.82. The smallest absolute Gasteiger partial charge is 0.127 e. The molecular weight excluding hydrogens is 338 g/mol. The zero-order valence-corrected chi connectivity index (χ0v) is 16.1. The predicted molar refractivity (Wildman–Crippen MR) is 108 cm³/mol. The summed E-state index contributed by atoms with van der Waals surface area (Å²) in [5.41, 5.74) is 3.82. The van der Waals surface area contributed by atoms with Gasteiger partial charge >= 0.3 is 0 Å². The van der Waals surface area contributed by atoms with Crippen LogP contribution in [-0.2, 0) is 13.1 Å². The highest BCUT2D eigenvalue weighted by Gasteiger charge is 2.19. The van der Waals surface area contributed by atoms with Gasteiger partial charge in [0.2, 0.25) is 0 Å². The van der Waals surface area contributed by atoms with Crippen LogP contribution in [-0.4, -0.2) is 55.2 Å². The van der Waals surface area contributed by atoms with E-state index >= 15 is 0 Å². The fourth-order valence-electron chi connectivity index (χ4n) is 3.83. The first-order valence-electron chi connectivity index (χ1n) is 9.47. The van der Waals surface area contributed by atoms with Gasteiger partial charge in [0.25, 0.3) is 0 Å². The lowest BCUT2D eigenvalue weighted by atomic mass is 10.1. The van der Waals surface area contributed by atoms with Crippen molar-refractivity contribution in [2.45, 2.75) is 13.1 Å². The largest absolute Gasteiger partial charge is 0.497 e. The van der Waals surface area contributed by atoms with E-state index in [4.69, 9.17) is 9.47 Å². The van der Waals surface area contributed by atoms with Gasteiger partial charge in [0.1, 0.15) is 11.5 Å².